The number of unbranched alkanes of at least 4 members (excludes halogenated alkanes) is 1. The summed E-state index contributed by atoms with van der Waals surface area (Å²) >= 11 is 6.11. The van der Waals surface area contributed by atoms with Crippen molar-refractivity contribution in [2.45, 2.75) is 32.1 Å². The van der Waals surface area contributed by atoms with Crippen LogP contribution in [0, 0.1) is 5.92 Å². The molecule has 1 aromatic rings. The van der Waals surface area contributed by atoms with Crippen molar-refractivity contribution in [3.8, 4) is 0 Å². The minimum absolute atomic E-state index is 0.0291. The number of benzene rings is 1. The second-order valence-electron chi connectivity index (χ2n) is 6.46. The highest BCUT2D eigenvalue weighted by Crippen LogP contribution is 2.39. The van der Waals surface area contributed by atoms with Gasteiger partial charge in [0, 0.05) is 34.8 Å². The van der Waals surface area contributed by atoms with Gasteiger partial charge in [0.15, 0.2) is 5.96 Å². The molecule has 1 aromatic carbocycles. The zero-order valence-corrected chi connectivity index (χ0v) is 14.6. The Morgan fingerprint density at radius 1 is 1.32 bits per heavy atom. The first-order valence-corrected chi connectivity index (χ1v) is 8.78. The van der Waals surface area contributed by atoms with E-state index in [1.807, 2.05) is 17.0 Å². The number of amides is 2. The molecule has 132 valence electrons. The zero-order valence-electron chi connectivity index (χ0n) is 13.9. The number of carbonyl (C=O) groups is 2. The lowest BCUT2D eigenvalue weighted by atomic mass is 10.1. The Hall–Kier alpha value is -2.34. The van der Waals surface area contributed by atoms with E-state index in [0.29, 0.717) is 29.3 Å². The van der Waals surface area contributed by atoms with Crippen molar-refractivity contribution in [3.63, 3.8) is 0 Å². The van der Waals surface area contributed by atoms with Gasteiger partial charge in [-0.1, -0.05) is 17.7 Å². The van der Waals surface area contributed by atoms with Gasteiger partial charge in [0.05, 0.1) is 0 Å². The third kappa shape index (κ3) is 4.20. The van der Waals surface area contributed by atoms with Crippen LogP contribution in [0.25, 0.3) is 5.70 Å². The highest BCUT2D eigenvalue weighted by atomic mass is 35.5. The van der Waals surface area contributed by atoms with E-state index in [2.05, 4.69) is 4.99 Å². The molecule has 0 unspecified atom stereocenters. The Morgan fingerprint density at radius 2 is 2.08 bits per heavy atom. The van der Waals surface area contributed by atoms with Gasteiger partial charge in [-0.3, -0.25) is 9.59 Å². The molecule has 0 saturated heterocycles. The number of nitrogens with two attached hydrogens (primary N) is 2. The number of aliphatic imine (C=N–C) groups is 1. The third-order valence-corrected chi connectivity index (χ3v) is 4.58. The maximum Gasteiger partial charge on any atom is 0.258 e. The quantitative estimate of drug-likeness (QED) is 0.462. The monoisotopic (exact) mass is 360 g/mol. The maximum atomic E-state index is 12.7. The van der Waals surface area contributed by atoms with Gasteiger partial charge < -0.3 is 16.4 Å². The van der Waals surface area contributed by atoms with Crippen molar-refractivity contribution in [1.29, 1.82) is 0 Å². The van der Waals surface area contributed by atoms with Gasteiger partial charge in [-0.2, -0.15) is 4.99 Å². The lowest BCUT2D eigenvalue weighted by Crippen LogP contribution is -2.25. The average Bonchev–Trinajstić information content (AvgIpc) is 3.32. The van der Waals surface area contributed by atoms with Crippen LogP contribution < -0.4 is 11.5 Å². The summed E-state index contributed by atoms with van der Waals surface area (Å²) in [5.41, 5.74) is 12.8. The summed E-state index contributed by atoms with van der Waals surface area (Å²) in [6.07, 6.45) is 5.87. The topological polar surface area (TPSA) is 102 Å². The summed E-state index contributed by atoms with van der Waals surface area (Å²) in [6.45, 7) is 0.740. The van der Waals surface area contributed by atoms with Gasteiger partial charge in [0.25, 0.3) is 5.91 Å². The number of rotatable bonds is 6. The highest BCUT2D eigenvalue weighted by Gasteiger charge is 2.36. The predicted octanol–water partition coefficient (Wildman–Crippen LogP) is 2.52. The number of allylic oxidation sites excluding steroid dienone is 1. The van der Waals surface area contributed by atoms with Crippen molar-refractivity contribution in [1.82, 2.24) is 4.90 Å². The fourth-order valence-corrected chi connectivity index (χ4v) is 3.14. The maximum absolute atomic E-state index is 12.7. The molecule has 2 amide bonds. The first kappa shape index (κ1) is 17.5. The molecule has 25 heavy (non-hydrogen) atoms. The molecule has 1 fully saturated rings. The Balaban J connectivity index is 1.74. The predicted molar refractivity (Wildman–Crippen MR) is 97.9 cm³/mol. The summed E-state index contributed by atoms with van der Waals surface area (Å²) in [7, 11) is 0. The molecule has 0 spiro atoms. The van der Waals surface area contributed by atoms with Gasteiger partial charge >= 0.3 is 0 Å². The summed E-state index contributed by atoms with van der Waals surface area (Å²) in [6, 6.07) is 5.35. The fourth-order valence-electron chi connectivity index (χ4n) is 2.97. The molecule has 1 heterocycles. The minimum Gasteiger partial charge on any atom is -0.370 e. The van der Waals surface area contributed by atoms with E-state index < -0.39 is 0 Å². The lowest BCUT2D eigenvalue weighted by Gasteiger charge is -2.18. The molecular formula is C18H21ClN4O2. The lowest BCUT2D eigenvalue weighted by molar-refractivity contribution is -0.117. The summed E-state index contributed by atoms with van der Waals surface area (Å²) < 4.78 is 0. The SMILES string of the molecule is NC(N)=NC(=O)CCC/C=C1\c2cc(Cl)ccc2C(=O)N1CC1CC1. The standard InChI is InChI=1S/C18H21ClN4O2/c19-12-7-8-13-14(9-12)15(23(17(13)25)10-11-5-6-11)3-1-2-4-16(24)22-18(20)21/h3,7-9,11H,1-2,4-6,10H2,(H4,20,21,22,24)/b15-3+. The first-order chi connectivity index (χ1) is 12.0. The van der Waals surface area contributed by atoms with Crippen molar-refractivity contribution in [2.75, 3.05) is 6.54 Å². The fraction of sp³-hybridized carbons (Fsp3) is 0.389. The number of carbonyl (C=O) groups excluding carboxylic acids is 2. The zero-order chi connectivity index (χ0) is 18.0. The molecule has 1 saturated carbocycles. The Morgan fingerprint density at radius 3 is 2.76 bits per heavy atom. The summed E-state index contributed by atoms with van der Waals surface area (Å²) in [4.78, 5) is 29.5. The number of guanidine groups is 1. The molecule has 6 nitrogen and oxygen atoms in total. The second-order valence-corrected chi connectivity index (χ2v) is 6.90. The van der Waals surface area contributed by atoms with Crippen LogP contribution in [0.3, 0.4) is 0 Å². The van der Waals surface area contributed by atoms with Crippen molar-refractivity contribution in [3.05, 3.63) is 40.4 Å². The van der Waals surface area contributed by atoms with Crippen LogP contribution in [0.5, 0.6) is 0 Å². The van der Waals surface area contributed by atoms with E-state index >= 15 is 0 Å². The molecular weight excluding hydrogens is 340 g/mol. The molecule has 3 rings (SSSR count). The number of hydrogen-bond donors (Lipinski definition) is 2. The number of halogens is 1. The molecule has 0 atom stereocenters. The molecule has 4 N–H and O–H groups in total. The van der Waals surface area contributed by atoms with E-state index in [0.717, 1.165) is 17.8 Å². The molecule has 0 radical (unpaired) electrons. The molecule has 0 bridgehead atoms. The van der Waals surface area contributed by atoms with Crippen LogP contribution in [-0.4, -0.2) is 29.2 Å². The largest absolute Gasteiger partial charge is 0.370 e. The van der Waals surface area contributed by atoms with Crippen molar-refractivity contribution < 1.29 is 9.59 Å². The normalized spacial score (nSPS) is 17.7. The van der Waals surface area contributed by atoms with Gasteiger partial charge in [-0.05, 0) is 49.8 Å². The van der Waals surface area contributed by atoms with Crippen LogP contribution in [0.1, 0.15) is 48.0 Å². The molecule has 0 aromatic heterocycles. The van der Waals surface area contributed by atoms with Gasteiger partial charge in [0.2, 0.25) is 5.91 Å². The number of hydrogen-bond acceptors (Lipinski definition) is 2. The molecule has 2 aliphatic rings. The molecule has 1 aliphatic carbocycles. The van der Waals surface area contributed by atoms with E-state index in [4.69, 9.17) is 23.1 Å². The second kappa shape index (κ2) is 7.27. The van der Waals surface area contributed by atoms with Crippen LogP contribution in [0.4, 0.5) is 0 Å². The van der Waals surface area contributed by atoms with Gasteiger partial charge in [-0.15, -0.1) is 0 Å². The van der Waals surface area contributed by atoms with Crippen LogP contribution in [0.15, 0.2) is 29.3 Å². The first-order valence-electron chi connectivity index (χ1n) is 8.40. The average molecular weight is 361 g/mol. The van der Waals surface area contributed by atoms with Crippen LogP contribution >= 0.6 is 11.6 Å². The van der Waals surface area contributed by atoms with E-state index in [-0.39, 0.29) is 24.2 Å². The molecule has 7 heteroatoms. The van der Waals surface area contributed by atoms with Crippen LogP contribution in [0.2, 0.25) is 5.02 Å². The van der Waals surface area contributed by atoms with Gasteiger partial charge in [-0.25, -0.2) is 0 Å². The van der Waals surface area contributed by atoms with Crippen molar-refractivity contribution in [2.24, 2.45) is 22.4 Å². The smallest absolute Gasteiger partial charge is 0.258 e. The molecule has 1 aliphatic heterocycles. The third-order valence-electron chi connectivity index (χ3n) is 4.35. The summed E-state index contributed by atoms with van der Waals surface area (Å²) in [5.74, 6) is 0.0603. The summed E-state index contributed by atoms with van der Waals surface area (Å²) in [5, 5.41) is 0.605. The Labute approximate surface area is 151 Å². The van der Waals surface area contributed by atoms with E-state index in [1.165, 1.54) is 12.8 Å². The van der Waals surface area contributed by atoms with Crippen molar-refractivity contribution >= 4 is 35.1 Å². The van der Waals surface area contributed by atoms with Crippen LogP contribution in [-0.2, 0) is 4.79 Å². The van der Waals surface area contributed by atoms with E-state index in [9.17, 15) is 9.59 Å². The number of nitrogens with zero attached hydrogens (tertiary/aromatic N) is 2. The van der Waals surface area contributed by atoms with E-state index in [1.54, 1.807) is 12.1 Å². The Kier molecular flexibility index (Phi) is 5.08. The minimum atomic E-state index is -0.334. The highest BCUT2D eigenvalue weighted by molar-refractivity contribution is 6.31. The number of fused-ring (bicyclic) bond motifs is 1. The Bertz CT molecular complexity index is 764. The van der Waals surface area contributed by atoms with Gasteiger partial charge in [0.1, 0.15) is 0 Å².